The molecule has 0 aliphatic carbocycles. The summed E-state index contributed by atoms with van der Waals surface area (Å²) in [6.07, 6.45) is 102. The van der Waals surface area contributed by atoms with E-state index in [9.17, 15) is 19.8 Å². The van der Waals surface area contributed by atoms with Crippen molar-refractivity contribution in [3.63, 3.8) is 0 Å². The number of hydrogen-bond acceptors (Lipinski definition) is 5. The Bertz CT molecular complexity index is 1470. The van der Waals surface area contributed by atoms with E-state index in [0.717, 1.165) is 57.8 Å². The number of aliphatic hydroxyl groups is 2. The second-order valence-electron chi connectivity index (χ2n) is 27.4. The third-order valence-electron chi connectivity index (χ3n) is 18.6. The number of esters is 1. The molecule has 0 aliphatic heterocycles. The molecule has 0 bridgehead atoms. The van der Waals surface area contributed by atoms with Crippen LogP contribution in [0.1, 0.15) is 438 Å². The van der Waals surface area contributed by atoms with Crippen LogP contribution in [0.3, 0.4) is 0 Å². The quantitative estimate of drug-likeness (QED) is 0.0320. The molecule has 0 saturated carbocycles. The Morgan fingerprint density at radius 3 is 0.886 bits per heavy atom. The van der Waals surface area contributed by atoms with E-state index >= 15 is 0 Å². The van der Waals surface area contributed by atoms with E-state index in [1.165, 1.54) is 347 Å². The minimum absolute atomic E-state index is 0.0109. The second kappa shape index (κ2) is 77.3. The molecule has 0 saturated heterocycles. The van der Waals surface area contributed by atoms with E-state index in [0.29, 0.717) is 25.9 Å². The van der Waals surface area contributed by atoms with E-state index in [2.05, 4.69) is 67.8 Å². The summed E-state index contributed by atoms with van der Waals surface area (Å²) in [5.74, 6) is -0.0180. The average Bonchev–Trinajstić information content (AvgIpc) is 3.58. The lowest BCUT2D eigenvalue weighted by atomic mass is 10.0. The summed E-state index contributed by atoms with van der Waals surface area (Å²) < 4.78 is 5.51. The van der Waals surface area contributed by atoms with Gasteiger partial charge in [0.2, 0.25) is 5.91 Å². The molecule has 6 nitrogen and oxygen atoms in total. The van der Waals surface area contributed by atoms with Crippen molar-refractivity contribution in [3.8, 4) is 0 Å². The fourth-order valence-corrected chi connectivity index (χ4v) is 12.5. The number of allylic oxidation sites excluding steroid dienone is 8. The molecule has 0 radical (unpaired) electrons. The Hall–Kier alpha value is -2.18. The topological polar surface area (TPSA) is 95.9 Å². The van der Waals surface area contributed by atoms with Crippen LogP contribution < -0.4 is 5.32 Å². The summed E-state index contributed by atoms with van der Waals surface area (Å²) in [6.45, 7) is 4.97. The maximum Gasteiger partial charge on any atom is 0.305 e. The smallest absolute Gasteiger partial charge is 0.305 e. The normalized spacial score (nSPS) is 12.7. The second-order valence-corrected chi connectivity index (χ2v) is 27.4. The minimum atomic E-state index is -0.664. The van der Waals surface area contributed by atoms with Crippen LogP contribution in [0, 0.1) is 0 Å². The molecule has 518 valence electrons. The van der Waals surface area contributed by atoms with Gasteiger partial charge in [-0.15, -0.1) is 0 Å². The zero-order chi connectivity index (χ0) is 63.5. The molecule has 0 fully saturated rings. The van der Waals surface area contributed by atoms with Gasteiger partial charge in [-0.25, -0.2) is 0 Å². The molecule has 1 amide bonds. The molecule has 2 unspecified atom stereocenters. The van der Waals surface area contributed by atoms with Gasteiger partial charge < -0.3 is 20.3 Å². The number of rotatable bonds is 75. The van der Waals surface area contributed by atoms with Gasteiger partial charge in [-0.05, 0) is 89.9 Å². The van der Waals surface area contributed by atoms with Crippen LogP contribution in [0.25, 0.3) is 0 Å². The first-order valence-electron chi connectivity index (χ1n) is 39.9. The third-order valence-corrected chi connectivity index (χ3v) is 18.6. The molecule has 0 aromatic carbocycles. The maximum absolute atomic E-state index is 12.6. The Morgan fingerprint density at radius 2 is 0.568 bits per heavy atom. The van der Waals surface area contributed by atoms with E-state index in [1.807, 2.05) is 0 Å². The minimum Gasteiger partial charge on any atom is -0.466 e. The lowest BCUT2D eigenvalue weighted by molar-refractivity contribution is -0.143. The van der Waals surface area contributed by atoms with Crippen molar-refractivity contribution in [2.45, 2.75) is 450 Å². The molecule has 0 heterocycles. The molecule has 0 rings (SSSR count). The van der Waals surface area contributed by atoms with Crippen molar-refractivity contribution < 1.29 is 24.5 Å². The first-order chi connectivity index (χ1) is 43.5. The van der Waals surface area contributed by atoms with Crippen LogP contribution >= 0.6 is 0 Å². The zero-order valence-electron chi connectivity index (χ0n) is 59.5. The van der Waals surface area contributed by atoms with E-state index in [1.54, 1.807) is 0 Å². The van der Waals surface area contributed by atoms with Crippen LogP contribution in [0.2, 0.25) is 0 Å². The van der Waals surface area contributed by atoms with Gasteiger partial charge in [-0.1, -0.05) is 383 Å². The summed E-state index contributed by atoms with van der Waals surface area (Å²) in [5, 5.41) is 23.4. The standard InChI is InChI=1S/C82H155NO5/c1-3-5-7-9-11-13-15-17-19-21-38-42-46-50-54-58-62-66-70-74-80(85)79(78-84)83-81(86)75-71-67-63-59-55-51-47-43-40-36-34-32-30-28-26-24-23-25-27-29-31-33-35-37-41-45-49-53-57-61-65-69-73-77-88-82(87)76-72-68-64-60-56-52-48-44-39-22-20-18-16-14-12-10-8-6-4-2/h12,14,18,20,27,29,33,35,79-80,84-85H,3-11,13,15-17,19,21-26,28,30-32,34,36-78H2,1-2H3,(H,83,86)/b14-12-,20-18-,29-27-,35-33-. The van der Waals surface area contributed by atoms with Gasteiger partial charge in [0.1, 0.15) is 0 Å². The van der Waals surface area contributed by atoms with Gasteiger partial charge in [0, 0.05) is 12.8 Å². The molecule has 0 spiro atoms. The maximum atomic E-state index is 12.6. The van der Waals surface area contributed by atoms with E-state index in [4.69, 9.17) is 4.74 Å². The lowest BCUT2D eigenvalue weighted by Crippen LogP contribution is -2.45. The highest BCUT2D eigenvalue weighted by Gasteiger charge is 2.20. The molecular formula is C82H155NO5. The summed E-state index contributed by atoms with van der Waals surface area (Å²) in [4.78, 5) is 24.7. The number of aliphatic hydroxyl groups excluding tert-OH is 2. The van der Waals surface area contributed by atoms with Gasteiger partial charge >= 0.3 is 5.97 Å². The monoisotopic (exact) mass is 1230 g/mol. The fourth-order valence-electron chi connectivity index (χ4n) is 12.5. The third kappa shape index (κ3) is 72.9. The van der Waals surface area contributed by atoms with Gasteiger partial charge in [0.05, 0.1) is 25.4 Å². The Kier molecular flexibility index (Phi) is 75.4. The van der Waals surface area contributed by atoms with Crippen molar-refractivity contribution in [1.82, 2.24) is 5.32 Å². The summed E-state index contributed by atoms with van der Waals surface area (Å²) in [5.41, 5.74) is 0. The molecule has 88 heavy (non-hydrogen) atoms. The van der Waals surface area contributed by atoms with Crippen LogP contribution in [-0.4, -0.2) is 47.4 Å². The number of hydrogen-bond donors (Lipinski definition) is 3. The average molecular weight is 1240 g/mol. The van der Waals surface area contributed by atoms with E-state index < -0.39 is 12.1 Å². The fraction of sp³-hybridized carbons (Fsp3) is 0.878. The molecule has 6 heteroatoms. The molecular weight excluding hydrogens is 1080 g/mol. The molecule has 3 N–H and O–H groups in total. The molecule has 0 aromatic heterocycles. The first-order valence-corrected chi connectivity index (χ1v) is 39.9. The van der Waals surface area contributed by atoms with Gasteiger partial charge in [0.25, 0.3) is 0 Å². The number of amides is 1. The lowest BCUT2D eigenvalue weighted by Gasteiger charge is -2.22. The Labute approximate surface area is 550 Å². The van der Waals surface area contributed by atoms with Crippen LogP contribution in [0.15, 0.2) is 48.6 Å². The predicted molar refractivity (Wildman–Crippen MR) is 389 cm³/mol. The summed E-state index contributed by atoms with van der Waals surface area (Å²) in [6, 6.07) is -0.541. The SMILES string of the molecule is CCCCC/C=C\C/C=C\CCCCCCCCCCCC(=O)OCCCCCCCCCCC/C=C\C/C=C\CCCCCCCCCCCCCCCCCCCC(=O)NC(CO)C(O)CCCCCCCCCCCCCCCCCCCCC. The van der Waals surface area contributed by atoms with Gasteiger partial charge in [-0.2, -0.15) is 0 Å². The largest absolute Gasteiger partial charge is 0.466 e. The van der Waals surface area contributed by atoms with Crippen LogP contribution in [0.4, 0.5) is 0 Å². The zero-order valence-corrected chi connectivity index (χ0v) is 59.5. The molecule has 2 atom stereocenters. The number of carbonyl (C=O) groups excluding carboxylic acids is 2. The van der Waals surface area contributed by atoms with Gasteiger partial charge in [-0.3, -0.25) is 9.59 Å². The van der Waals surface area contributed by atoms with Crippen molar-refractivity contribution >= 4 is 11.9 Å². The Balaban J connectivity index is 3.37. The van der Waals surface area contributed by atoms with Crippen LogP contribution in [-0.2, 0) is 14.3 Å². The number of unbranched alkanes of at least 4 members (excludes halogenated alkanes) is 56. The van der Waals surface area contributed by atoms with Crippen LogP contribution in [0.5, 0.6) is 0 Å². The number of nitrogens with one attached hydrogen (secondary N) is 1. The van der Waals surface area contributed by atoms with Crippen molar-refractivity contribution in [2.24, 2.45) is 0 Å². The Morgan fingerprint density at radius 1 is 0.318 bits per heavy atom. The first kappa shape index (κ1) is 85.8. The molecule has 0 aromatic rings. The molecule has 0 aliphatic rings. The number of carbonyl (C=O) groups is 2. The highest BCUT2D eigenvalue weighted by atomic mass is 16.5. The van der Waals surface area contributed by atoms with Crippen molar-refractivity contribution in [3.05, 3.63) is 48.6 Å². The predicted octanol–water partition coefficient (Wildman–Crippen LogP) is 26.4. The summed E-state index contributed by atoms with van der Waals surface area (Å²) >= 11 is 0. The van der Waals surface area contributed by atoms with Crippen molar-refractivity contribution in [2.75, 3.05) is 13.2 Å². The van der Waals surface area contributed by atoms with Crippen molar-refractivity contribution in [1.29, 1.82) is 0 Å². The van der Waals surface area contributed by atoms with Gasteiger partial charge in [0.15, 0.2) is 0 Å². The number of ether oxygens (including phenoxy) is 1. The summed E-state index contributed by atoms with van der Waals surface area (Å²) in [7, 11) is 0. The van der Waals surface area contributed by atoms with E-state index in [-0.39, 0.29) is 18.5 Å². The highest BCUT2D eigenvalue weighted by molar-refractivity contribution is 5.76. The highest BCUT2D eigenvalue weighted by Crippen LogP contribution is 2.19.